The highest BCUT2D eigenvalue weighted by Crippen LogP contribution is 2.17. The molecule has 0 fully saturated rings. The normalized spacial score (nSPS) is 14.4. The fourth-order valence-electron chi connectivity index (χ4n) is 1.48. The van der Waals surface area contributed by atoms with E-state index in [-0.39, 0.29) is 18.4 Å². The van der Waals surface area contributed by atoms with Crippen LogP contribution in [0.5, 0.6) is 0 Å². The van der Waals surface area contributed by atoms with Gasteiger partial charge in [-0.3, -0.25) is 0 Å². The lowest BCUT2D eigenvalue weighted by atomic mass is 9.99. The van der Waals surface area contributed by atoms with Crippen molar-refractivity contribution in [2.75, 3.05) is 0 Å². The number of hydrogen-bond donors (Lipinski definition) is 2. The van der Waals surface area contributed by atoms with E-state index in [1.165, 1.54) is 11.1 Å². The van der Waals surface area contributed by atoms with Crippen LogP contribution < -0.4 is 5.73 Å². The van der Waals surface area contributed by atoms with E-state index >= 15 is 0 Å². The molecule has 80 valence electrons. The van der Waals surface area contributed by atoms with E-state index in [1.54, 1.807) is 6.92 Å². The first-order chi connectivity index (χ1) is 6.00. The highest BCUT2D eigenvalue weighted by molar-refractivity contribution is 5.85. The van der Waals surface area contributed by atoms with Crippen LogP contribution in [0.15, 0.2) is 18.2 Å². The van der Waals surface area contributed by atoms with Gasteiger partial charge in [-0.15, -0.1) is 12.4 Å². The van der Waals surface area contributed by atoms with Crippen LogP contribution >= 0.6 is 12.4 Å². The molecule has 0 saturated heterocycles. The van der Waals surface area contributed by atoms with Crippen LogP contribution in [-0.2, 0) is 0 Å². The molecule has 0 aliphatic carbocycles. The van der Waals surface area contributed by atoms with Gasteiger partial charge in [-0.1, -0.05) is 29.3 Å². The van der Waals surface area contributed by atoms with Crippen molar-refractivity contribution in [3.05, 3.63) is 34.9 Å². The summed E-state index contributed by atoms with van der Waals surface area (Å²) in [7, 11) is 0. The van der Waals surface area contributed by atoms with Crippen molar-refractivity contribution in [2.45, 2.75) is 32.9 Å². The molecule has 3 heteroatoms. The number of halogens is 1. The van der Waals surface area contributed by atoms with Crippen molar-refractivity contribution in [1.29, 1.82) is 0 Å². The van der Waals surface area contributed by atoms with Crippen LogP contribution in [0.3, 0.4) is 0 Å². The summed E-state index contributed by atoms with van der Waals surface area (Å²) in [5.74, 6) is 0. The Morgan fingerprint density at radius 3 is 1.93 bits per heavy atom. The Labute approximate surface area is 91.5 Å². The molecule has 0 amide bonds. The van der Waals surface area contributed by atoms with Crippen molar-refractivity contribution in [2.24, 2.45) is 5.73 Å². The second-order valence-corrected chi connectivity index (χ2v) is 3.69. The zero-order chi connectivity index (χ0) is 10.0. The molecule has 0 bridgehead atoms. The molecule has 0 saturated carbocycles. The molecule has 2 atom stereocenters. The predicted octanol–water partition coefficient (Wildman–Crippen LogP) is 2.11. The molecular weight excluding hydrogens is 198 g/mol. The van der Waals surface area contributed by atoms with Gasteiger partial charge < -0.3 is 10.8 Å². The van der Waals surface area contributed by atoms with Gasteiger partial charge in [-0.2, -0.15) is 0 Å². The molecule has 2 nitrogen and oxygen atoms in total. The summed E-state index contributed by atoms with van der Waals surface area (Å²) in [6, 6.07) is 5.85. The quantitative estimate of drug-likeness (QED) is 0.794. The third-order valence-corrected chi connectivity index (χ3v) is 2.15. The van der Waals surface area contributed by atoms with E-state index in [2.05, 4.69) is 6.07 Å². The molecule has 0 heterocycles. The maximum absolute atomic E-state index is 9.33. The Morgan fingerprint density at radius 1 is 1.14 bits per heavy atom. The number of aliphatic hydroxyl groups excluding tert-OH is 1. The summed E-state index contributed by atoms with van der Waals surface area (Å²) < 4.78 is 0. The number of aryl methyl sites for hydroxylation is 2. The van der Waals surface area contributed by atoms with Gasteiger partial charge in [0, 0.05) is 0 Å². The maximum Gasteiger partial charge on any atom is 0.0704 e. The average Bonchev–Trinajstić information content (AvgIpc) is 2.01. The topological polar surface area (TPSA) is 46.2 Å². The molecule has 1 rings (SSSR count). The molecule has 14 heavy (non-hydrogen) atoms. The number of nitrogens with two attached hydrogens (primary N) is 1. The third-order valence-electron chi connectivity index (χ3n) is 2.15. The van der Waals surface area contributed by atoms with Crippen molar-refractivity contribution < 1.29 is 5.11 Å². The second-order valence-electron chi connectivity index (χ2n) is 3.69. The van der Waals surface area contributed by atoms with Crippen LogP contribution in [0.25, 0.3) is 0 Å². The van der Waals surface area contributed by atoms with Gasteiger partial charge in [0.25, 0.3) is 0 Å². The summed E-state index contributed by atoms with van der Waals surface area (Å²) in [5.41, 5.74) is 9.20. The highest BCUT2D eigenvalue weighted by Gasteiger charge is 2.11. The van der Waals surface area contributed by atoms with Crippen molar-refractivity contribution in [3.8, 4) is 0 Å². The van der Waals surface area contributed by atoms with Crippen molar-refractivity contribution in [3.63, 3.8) is 0 Å². The van der Waals surface area contributed by atoms with Crippen LogP contribution in [0.2, 0.25) is 0 Å². The highest BCUT2D eigenvalue weighted by atomic mass is 35.5. The lowest BCUT2D eigenvalue weighted by Crippen LogP contribution is -2.23. The summed E-state index contributed by atoms with van der Waals surface area (Å²) in [6.45, 7) is 5.78. The van der Waals surface area contributed by atoms with Gasteiger partial charge in [0.05, 0.1) is 12.1 Å². The number of aliphatic hydroxyl groups is 1. The molecule has 0 aromatic heterocycles. The zero-order valence-corrected chi connectivity index (χ0v) is 9.64. The largest absolute Gasteiger partial charge is 0.391 e. The maximum atomic E-state index is 9.33. The standard InChI is InChI=1S/C11H17NO.ClH/c1-7-4-8(2)6-10(5-7)11(12)9(3)13;/h4-6,9,11,13H,12H2,1-3H3;1H/t9-,11-;/m1./s1. The van der Waals surface area contributed by atoms with Gasteiger partial charge in [-0.25, -0.2) is 0 Å². The predicted molar refractivity (Wildman–Crippen MR) is 61.8 cm³/mol. The van der Waals surface area contributed by atoms with Gasteiger partial charge in [0.15, 0.2) is 0 Å². The number of hydrogen-bond acceptors (Lipinski definition) is 2. The van der Waals surface area contributed by atoms with E-state index < -0.39 is 6.10 Å². The van der Waals surface area contributed by atoms with Crippen molar-refractivity contribution in [1.82, 2.24) is 0 Å². The number of rotatable bonds is 2. The average molecular weight is 216 g/mol. The molecule has 0 aliphatic rings. The molecule has 0 aliphatic heterocycles. The van der Waals surface area contributed by atoms with E-state index in [4.69, 9.17) is 5.73 Å². The lowest BCUT2D eigenvalue weighted by molar-refractivity contribution is 0.164. The first-order valence-electron chi connectivity index (χ1n) is 4.52. The van der Waals surface area contributed by atoms with Gasteiger partial charge in [0.2, 0.25) is 0 Å². The molecule has 1 aromatic rings. The summed E-state index contributed by atoms with van der Waals surface area (Å²) in [6.07, 6.45) is -0.499. The Kier molecular flexibility index (Phi) is 5.13. The van der Waals surface area contributed by atoms with Crippen LogP contribution in [0, 0.1) is 13.8 Å². The SMILES string of the molecule is Cc1cc(C)cc([C@H](N)[C@@H](C)O)c1.Cl. The van der Waals surface area contributed by atoms with Gasteiger partial charge in [-0.05, 0) is 26.3 Å². The minimum Gasteiger partial charge on any atom is -0.391 e. The minimum atomic E-state index is -0.499. The number of benzene rings is 1. The Morgan fingerprint density at radius 2 is 1.57 bits per heavy atom. The van der Waals surface area contributed by atoms with Crippen LogP contribution in [0.4, 0.5) is 0 Å². The molecule has 0 radical (unpaired) electrons. The molecule has 3 N–H and O–H groups in total. The lowest BCUT2D eigenvalue weighted by Gasteiger charge is -2.16. The smallest absolute Gasteiger partial charge is 0.0704 e. The van der Waals surface area contributed by atoms with E-state index in [0.29, 0.717) is 0 Å². The molecule has 1 aromatic carbocycles. The Bertz CT molecular complexity index is 279. The first kappa shape index (κ1) is 13.4. The van der Waals surface area contributed by atoms with Gasteiger partial charge >= 0.3 is 0 Å². The van der Waals surface area contributed by atoms with Crippen LogP contribution in [0.1, 0.15) is 29.7 Å². The minimum absolute atomic E-state index is 0. The fraction of sp³-hybridized carbons (Fsp3) is 0.455. The van der Waals surface area contributed by atoms with E-state index in [1.807, 2.05) is 26.0 Å². The van der Waals surface area contributed by atoms with Gasteiger partial charge in [0.1, 0.15) is 0 Å². The fourth-order valence-corrected chi connectivity index (χ4v) is 1.48. The summed E-state index contributed by atoms with van der Waals surface area (Å²) >= 11 is 0. The summed E-state index contributed by atoms with van der Waals surface area (Å²) in [5, 5.41) is 9.33. The monoisotopic (exact) mass is 215 g/mol. The van der Waals surface area contributed by atoms with Crippen molar-refractivity contribution >= 4 is 12.4 Å². The zero-order valence-electron chi connectivity index (χ0n) is 8.82. The Balaban J connectivity index is 0.00000169. The molecule has 0 unspecified atom stereocenters. The van der Waals surface area contributed by atoms with E-state index in [0.717, 1.165) is 5.56 Å². The Hall–Kier alpha value is -0.570. The third kappa shape index (κ3) is 3.29. The second kappa shape index (κ2) is 5.35. The van der Waals surface area contributed by atoms with E-state index in [9.17, 15) is 5.11 Å². The first-order valence-corrected chi connectivity index (χ1v) is 4.52. The summed E-state index contributed by atoms with van der Waals surface area (Å²) in [4.78, 5) is 0. The molecular formula is C11H18ClNO. The molecule has 0 spiro atoms. The van der Waals surface area contributed by atoms with Crippen LogP contribution in [-0.4, -0.2) is 11.2 Å².